The molecule has 5 nitrogen and oxygen atoms in total. The van der Waals surface area contributed by atoms with Crippen LogP contribution in [0.5, 0.6) is 5.75 Å². The fourth-order valence-corrected chi connectivity index (χ4v) is 2.64. The SMILES string of the molecule is CN(Cc1cnn(C)c1)C(=O)c1ccccc1COc1ccccc1. The number of hydrogen-bond acceptors (Lipinski definition) is 3. The second-order valence-corrected chi connectivity index (χ2v) is 5.94. The fourth-order valence-electron chi connectivity index (χ4n) is 2.64. The van der Waals surface area contributed by atoms with Gasteiger partial charge in [0.15, 0.2) is 0 Å². The van der Waals surface area contributed by atoms with Crippen molar-refractivity contribution in [2.75, 3.05) is 7.05 Å². The molecule has 0 N–H and O–H groups in total. The highest BCUT2D eigenvalue weighted by atomic mass is 16.5. The summed E-state index contributed by atoms with van der Waals surface area (Å²) in [5, 5.41) is 4.14. The van der Waals surface area contributed by atoms with E-state index in [-0.39, 0.29) is 5.91 Å². The number of amides is 1. The summed E-state index contributed by atoms with van der Waals surface area (Å²) in [5.41, 5.74) is 2.52. The summed E-state index contributed by atoms with van der Waals surface area (Å²) in [5.74, 6) is 0.754. The summed E-state index contributed by atoms with van der Waals surface area (Å²) >= 11 is 0. The Morgan fingerprint density at radius 2 is 1.84 bits per heavy atom. The third kappa shape index (κ3) is 4.26. The molecule has 0 aliphatic rings. The van der Waals surface area contributed by atoms with Crippen LogP contribution in [0.1, 0.15) is 21.5 Å². The minimum atomic E-state index is -0.0314. The van der Waals surface area contributed by atoms with Crippen LogP contribution in [0, 0.1) is 0 Å². The van der Waals surface area contributed by atoms with E-state index in [2.05, 4.69) is 5.10 Å². The van der Waals surface area contributed by atoms with E-state index in [0.29, 0.717) is 18.7 Å². The van der Waals surface area contributed by atoms with E-state index in [4.69, 9.17) is 4.74 Å². The highest BCUT2D eigenvalue weighted by molar-refractivity contribution is 5.95. The minimum absolute atomic E-state index is 0.0314. The van der Waals surface area contributed by atoms with E-state index < -0.39 is 0 Å². The van der Waals surface area contributed by atoms with Gasteiger partial charge in [-0.05, 0) is 18.2 Å². The van der Waals surface area contributed by atoms with Gasteiger partial charge in [-0.2, -0.15) is 5.10 Å². The molecule has 128 valence electrons. The maximum absolute atomic E-state index is 12.8. The quantitative estimate of drug-likeness (QED) is 0.694. The van der Waals surface area contributed by atoms with E-state index in [1.54, 1.807) is 22.8 Å². The average Bonchev–Trinajstić information content (AvgIpc) is 3.05. The first-order chi connectivity index (χ1) is 12.1. The lowest BCUT2D eigenvalue weighted by Crippen LogP contribution is -2.27. The van der Waals surface area contributed by atoms with Crippen LogP contribution in [0.4, 0.5) is 0 Å². The van der Waals surface area contributed by atoms with Gasteiger partial charge in [-0.1, -0.05) is 36.4 Å². The number of benzene rings is 2. The van der Waals surface area contributed by atoms with Crippen LogP contribution in [0.25, 0.3) is 0 Å². The number of ether oxygens (including phenoxy) is 1. The van der Waals surface area contributed by atoms with Crippen LogP contribution in [0.2, 0.25) is 0 Å². The lowest BCUT2D eigenvalue weighted by Gasteiger charge is -2.18. The highest BCUT2D eigenvalue weighted by Crippen LogP contribution is 2.17. The van der Waals surface area contributed by atoms with Gasteiger partial charge in [0.05, 0.1) is 6.20 Å². The Kier molecular flexibility index (Phi) is 5.14. The zero-order valence-electron chi connectivity index (χ0n) is 14.4. The zero-order valence-corrected chi connectivity index (χ0v) is 14.4. The van der Waals surface area contributed by atoms with Crippen LogP contribution < -0.4 is 4.74 Å². The molecule has 0 fully saturated rings. The lowest BCUT2D eigenvalue weighted by molar-refractivity contribution is 0.0782. The average molecular weight is 335 g/mol. The van der Waals surface area contributed by atoms with Crippen LogP contribution in [-0.2, 0) is 20.2 Å². The molecule has 1 amide bonds. The van der Waals surface area contributed by atoms with E-state index in [1.807, 2.05) is 67.8 Å². The maximum Gasteiger partial charge on any atom is 0.254 e. The van der Waals surface area contributed by atoms with E-state index in [1.165, 1.54) is 0 Å². The second kappa shape index (κ2) is 7.66. The van der Waals surface area contributed by atoms with Gasteiger partial charge < -0.3 is 9.64 Å². The minimum Gasteiger partial charge on any atom is -0.489 e. The Labute approximate surface area is 147 Å². The lowest BCUT2D eigenvalue weighted by atomic mass is 10.1. The molecule has 2 aromatic carbocycles. The Bertz CT molecular complexity index is 843. The van der Waals surface area contributed by atoms with Crippen molar-refractivity contribution in [2.24, 2.45) is 7.05 Å². The van der Waals surface area contributed by atoms with Crippen molar-refractivity contribution < 1.29 is 9.53 Å². The van der Waals surface area contributed by atoms with Gasteiger partial charge >= 0.3 is 0 Å². The number of carbonyl (C=O) groups is 1. The fraction of sp³-hybridized carbons (Fsp3) is 0.200. The van der Waals surface area contributed by atoms with Crippen LogP contribution in [0.3, 0.4) is 0 Å². The number of carbonyl (C=O) groups excluding carboxylic acids is 1. The van der Waals surface area contributed by atoms with Crippen molar-refractivity contribution in [2.45, 2.75) is 13.2 Å². The molecular weight excluding hydrogens is 314 g/mol. The van der Waals surface area contributed by atoms with Gasteiger partial charge in [-0.15, -0.1) is 0 Å². The normalized spacial score (nSPS) is 10.5. The molecule has 0 atom stereocenters. The summed E-state index contributed by atoms with van der Waals surface area (Å²) in [6.45, 7) is 0.868. The molecule has 3 aromatic rings. The molecule has 0 aliphatic heterocycles. The van der Waals surface area contributed by atoms with Gasteiger partial charge in [0.1, 0.15) is 12.4 Å². The molecule has 1 aromatic heterocycles. The summed E-state index contributed by atoms with van der Waals surface area (Å²) in [6, 6.07) is 17.1. The number of aryl methyl sites for hydroxylation is 1. The third-order valence-corrected chi connectivity index (χ3v) is 3.91. The van der Waals surface area contributed by atoms with Crippen molar-refractivity contribution in [3.05, 3.63) is 83.7 Å². The van der Waals surface area contributed by atoms with Crippen LogP contribution in [0.15, 0.2) is 67.0 Å². The largest absolute Gasteiger partial charge is 0.489 e. The van der Waals surface area contributed by atoms with Gasteiger partial charge in [-0.3, -0.25) is 9.48 Å². The number of para-hydroxylation sites is 1. The second-order valence-electron chi connectivity index (χ2n) is 5.94. The molecule has 5 heteroatoms. The monoisotopic (exact) mass is 335 g/mol. The Balaban J connectivity index is 1.71. The van der Waals surface area contributed by atoms with Gasteiger partial charge in [0, 0.05) is 43.5 Å². The number of aromatic nitrogens is 2. The summed E-state index contributed by atoms with van der Waals surface area (Å²) < 4.78 is 7.53. The van der Waals surface area contributed by atoms with Gasteiger partial charge in [0.2, 0.25) is 0 Å². The van der Waals surface area contributed by atoms with Crippen molar-refractivity contribution in [3.8, 4) is 5.75 Å². The highest BCUT2D eigenvalue weighted by Gasteiger charge is 2.16. The predicted molar refractivity (Wildman–Crippen MR) is 96.2 cm³/mol. The van der Waals surface area contributed by atoms with E-state index in [0.717, 1.165) is 16.9 Å². The predicted octanol–water partition coefficient (Wildman–Crippen LogP) is 3.27. The molecule has 25 heavy (non-hydrogen) atoms. The van der Waals surface area contributed by atoms with Crippen LogP contribution >= 0.6 is 0 Å². The topological polar surface area (TPSA) is 47.4 Å². The Morgan fingerprint density at radius 1 is 1.12 bits per heavy atom. The molecule has 0 bridgehead atoms. The molecule has 0 radical (unpaired) electrons. The standard InChI is InChI=1S/C20H21N3O2/c1-22(13-16-12-21-23(2)14-16)20(24)19-11-7-6-8-17(19)15-25-18-9-4-3-5-10-18/h3-12,14H,13,15H2,1-2H3. The smallest absolute Gasteiger partial charge is 0.254 e. The molecule has 0 spiro atoms. The molecule has 0 aliphatic carbocycles. The first-order valence-electron chi connectivity index (χ1n) is 8.12. The molecule has 0 unspecified atom stereocenters. The number of hydrogen-bond donors (Lipinski definition) is 0. The molecular formula is C20H21N3O2. The molecule has 0 saturated heterocycles. The molecule has 0 saturated carbocycles. The van der Waals surface area contributed by atoms with E-state index in [9.17, 15) is 4.79 Å². The van der Waals surface area contributed by atoms with Crippen molar-refractivity contribution in [1.82, 2.24) is 14.7 Å². The van der Waals surface area contributed by atoms with E-state index >= 15 is 0 Å². The van der Waals surface area contributed by atoms with Crippen LogP contribution in [-0.4, -0.2) is 27.6 Å². The van der Waals surface area contributed by atoms with Crippen molar-refractivity contribution >= 4 is 5.91 Å². The Morgan fingerprint density at radius 3 is 2.56 bits per heavy atom. The third-order valence-electron chi connectivity index (χ3n) is 3.91. The van der Waals surface area contributed by atoms with Gasteiger partial charge in [-0.25, -0.2) is 0 Å². The summed E-state index contributed by atoms with van der Waals surface area (Å²) in [6.07, 6.45) is 3.68. The molecule has 1 heterocycles. The maximum atomic E-state index is 12.8. The zero-order chi connectivity index (χ0) is 17.6. The van der Waals surface area contributed by atoms with Gasteiger partial charge in [0.25, 0.3) is 5.91 Å². The first kappa shape index (κ1) is 16.8. The number of nitrogens with zero attached hydrogens (tertiary/aromatic N) is 3. The van der Waals surface area contributed by atoms with Crippen molar-refractivity contribution in [1.29, 1.82) is 0 Å². The Hall–Kier alpha value is -3.08. The molecule has 3 rings (SSSR count). The van der Waals surface area contributed by atoms with Crippen molar-refractivity contribution in [3.63, 3.8) is 0 Å². The summed E-state index contributed by atoms with van der Waals surface area (Å²) in [4.78, 5) is 14.5. The number of rotatable bonds is 6. The first-order valence-corrected chi connectivity index (χ1v) is 8.12. The summed E-state index contributed by atoms with van der Waals surface area (Å²) in [7, 11) is 3.66.